The van der Waals surface area contributed by atoms with E-state index in [0.29, 0.717) is 0 Å². The van der Waals surface area contributed by atoms with Crippen LogP contribution in [-0.2, 0) is 4.74 Å². The van der Waals surface area contributed by atoms with Gasteiger partial charge in [-0.15, -0.1) is 0 Å². The maximum absolute atomic E-state index is 6.25. The molecule has 0 spiro atoms. The highest BCUT2D eigenvalue weighted by molar-refractivity contribution is 6.31. The Morgan fingerprint density at radius 1 is 1.42 bits per heavy atom. The van der Waals surface area contributed by atoms with Crippen LogP contribution >= 0.6 is 11.6 Å². The van der Waals surface area contributed by atoms with Gasteiger partial charge < -0.3 is 10.1 Å². The topological polar surface area (TPSA) is 21.3 Å². The largest absolute Gasteiger partial charge is 0.501 e. The fraction of sp³-hybridized carbons (Fsp3) is 0.500. The maximum Gasteiger partial charge on any atom is 0.0876 e. The van der Waals surface area contributed by atoms with Gasteiger partial charge in [0, 0.05) is 5.02 Å². The zero-order valence-electron chi connectivity index (χ0n) is 11.7. The van der Waals surface area contributed by atoms with Gasteiger partial charge in [-0.05, 0) is 55.5 Å². The number of rotatable bonds is 5. The van der Waals surface area contributed by atoms with E-state index >= 15 is 0 Å². The lowest BCUT2D eigenvalue weighted by atomic mass is 9.94. The Kier molecular flexibility index (Phi) is 5.29. The summed E-state index contributed by atoms with van der Waals surface area (Å²) in [6.07, 6.45) is 5.22. The molecule has 2 rings (SSSR count). The van der Waals surface area contributed by atoms with E-state index in [-0.39, 0.29) is 6.04 Å². The molecule has 1 atom stereocenters. The molecule has 0 fully saturated rings. The third-order valence-corrected chi connectivity index (χ3v) is 3.87. The van der Waals surface area contributed by atoms with Crippen molar-refractivity contribution < 1.29 is 4.74 Å². The molecule has 0 aromatic heterocycles. The van der Waals surface area contributed by atoms with E-state index in [1.165, 1.54) is 11.1 Å². The van der Waals surface area contributed by atoms with Gasteiger partial charge in [0.2, 0.25) is 0 Å². The van der Waals surface area contributed by atoms with Crippen LogP contribution in [0.3, 0.4) is 0 Å². The minimum atomic E-state index is 0.221. The Morgan fingerprint density at radius 3 is 2.89 bits per heavy atom. The average molecular weight is 280 g/mol. The number of hydrogen-bond acceptors (Lipinski definition) is 2. The van der Waals surface area contributed by atoms with Crippen LogP contribution in [0.2, 0.25) is 5.02 Å². The molecule has 0 radical (unpaired) electrons. The molecule has 0 amide bonds. The normalized spacial score (nSPS) is 16.7. The van der Waals surface area contributed by atoms with Gasteiger partial charge in [0.1, 0.15) is 0 Å². The van der Waals surface area contributed by atoms with Gasteiger partial charge in [-0.2, -0.15) is 0 Å². The first-order chi connectivity index (χ1) is 9.22. The van der Waals surface area contributed by atoms with Gasteiger partial charge >= 0.3 is 0 Å². The van der Waals surface area contributed by atoms with Gasteiger partial charge in [-0.1, -0.05) is 30.7 Å². The molecular formula is C16H22ClNO. The van der Waals surface area contributed by atoms with E-state index in [1.807, 2.05) is 13.2 Å². The SMILES string of the molecule is CCCNC(C1=COCCC1)c1ccc(C)c(Cl)c1. The molecule has 1 heterocycles. The van der Waals surface area contributed by atoms with E-state index in [9.17, 15) is 0 Å². The number of halogens is 1. The second-order valence-electron chi connectivity index (χ2n) is 5.06. The number of hydrogen-bond donors (Lipinski definition) is 1. The summed E-state index contributed by atoms with van der Waals surface area (Å²) in [5, 5.41) is 4.43. The van der Waals surface area contributed by atoms with E-state index in [2.05, 4.69) is 30.4 Å². The summed E-state index contributed by atoms with van der Waals surface area (Å²) < 4.78 is 5.48. The Labute approximate surface area is 120 Å². The average Bonchev–Trinajstić information content (AvgIpc) is 2.44. The minimum Gasteiger partial charge on any atom is -0.501 e. The lowest BCUT2D eigenvalue weighted by molar-refractivity contribution is 0.219. The predicted octanol–water partition coefficient (Wildman–Crippen LogP) is 4.38. The number of nitrogens with one attached hydrogen (secondary N) is 1. The second-order valence-corrected chi connectivity index (χ2v) is 5.47. The highest BCUT2D eigenvalue weighted by atomic mass is 35.5. The first kappa shape index (κ1) is 14.4. The first-order valence-electron chi connectivity index (χ1n) is 7.02. The van der Waals surface area contributed by atoms with Gasteiger partial charge in [0.15, 0.2) is 0 Å². The van der Waals surface area contributed by atoms with Gasteiger partial charge in [-0.25, -0.2) is 0 Å². The van der Waals surface area contributed by atoms with Crippen molar-refractivity contribution in [2.24, 2.45) is 0 Å². The fourth-order valence-corrected chi connectivity index (χ4v) is 2.53. The molecule has 1 aliphatic rings. The van der Waals surface area contributed by atoms with Crippen LogP contribution in [0.4, 0.5) is 0 Å². The molecule has 3 heteroatoms. The van der Waals surface area contributed by atoms with Crippen molar-refractivity contribution in [1.29, 1.82) is 0 Å². The van der Waals surface area contributed by atoms with E-state index < -0.39 is 0 Å². The van der Waals surface area contributed by atoms with Gasteiger partial charge in [0.05, 0.1) is 18.9 Å². The van der Waals surface area contributed by atoms with Crippen molar-refractivity contribution in [2.45, 2.75) is 39.2 Å². The van der Waals surface area contributed by atoms with Crippen LogP contribution in [0.5, 0.6) is 0 Å². The van der Waals surface area contributed by atoms with Crippen molar-refractivity contribution in [2.75, 3.05) is 13.2 Å². The Hall–Kier alpha value is -0.990. The summed E-state index contributed by atoms with van der Waals surface area (Å²) in [4.78, 5) is 0. The standard InChI is InChI=1S/C16H22ClNO/c1-3-8-18-16(14-5-4-9-19-11-14)13-7-6-12(2)15(17)10-13/h6-7,10-11,16,18H,3-5,8-9H2,1-2H3. The van der Waals surface area contributed by atoms with E-state index in [0.717, 1.165) is 43.0 Å². The quantitative estimate of drug-likeness (QED) is 0.863. The number of aryl methyl sites for hydroxylation is 1. The summed E-state index contributed by atoms with van der Waals surface area (Å²) in [6.45, 7) is 6.04. The van der Waals surface area contributed by atoms with Crippen molar-refractivity contribution in [1.82, 2.24) is 5.32 Å². The molecule has 1 aromatic carbocycles. The van der Waals surface area contributed by atoms with Gasteiger partial charge in [-0.3, -0.25) is 0 Å². The summed E-state index contributed by atoms with van der Waals surface area (Å²) in [6, 6.07) is 6.53. The molecule has 1 aromatic rings. The van der Waals surface area contributed by atoms with E-state index in [4.69, 9.17) is 16.3 Å². The minimum absolute atomic E-state index is 0.221. The predicted molar refractivity (Wildman–Crippen MR) is 80.5 cm³/mol. The third kappa shape index (κ3) is 3.74. The maximum atomic E-state index is 6.25. The molecule has 0 aliphatic carbocycles. The second kappa shape index (κ2) is 6.97. The van der Waals surface area contributed by atoms with Crippen LogP contribution in [-0.4, -0.2) is 13.2 Å². The number of ether oxygens (including phenoxy) is 1. The third-order valence-electron chi connectivity index (χ3n) is 3.46. The van der Waals surface area contributed by atoms with Crippen LogP contribution in [0.1, 0.15) is 43.4 Å². The highest BCUT2D eigenvalue weighted by Crippen LogP contribution is 2.30. The van der Waals surface area contributed by atoms with Gasteiger partial charge in [0.25, 0.3) is 0 Å². The summed E-state index contributed by atoms with van der Waals surface area (Å²) in [5.74, 6) is 0. The number of benzene rings is 1. The zero-order chi connectivity index (χ0) is 13.7. The highest BCUT2D eigenvalue weighted by Gasteiger charge is 2.19. The van der Waals surface area contributed by atoms with Crippen LogP contribution in [0.15, 0.2) is 30.0 Å². The smallest absolute Gasteiger partial charge is 0.0876 e. The van der Waals surface area contributed by atoms with E-state index in [1.54, 1.807) is 0 Å². The van der Waals surface area contributed by atoms with Crippen LogP contribution < -0.4 is 5.32 Å². The van der Waals surface area contributed by atoms with Crippen molar-refractivity contribution in [3.8, 4) is 0 Å². The molecule has 0 saturated carbocycles. The molecule has 19 heavy (non-hydrogen) atoms. The lowest BCUT2D eigenvalue weighted by Crippen LogP contribution is -2.25. The molecule has 1 N–H and O–H groups in total. The van der Waals surface area contributed by atoms with Crippen molar-refractivity contribution in [3.63, 3.8) is 0 Å². The Bertz CT molecular complexity index is 456. The zero-order valence-corrected chi connectivity index (χ0v) is 12.5. The molecule has 0 bridgehead atoms. The Balaban J connectivity index is 2.25. The van der Waals surface area contributed by atoms with Crippen molar-refractivity contribution in [3.05, 3.63) is 46.2 Å². The van der Waals surface area contributed by atoms with Crippen LogP contribution in [0, 0.1) is 6.92 Å². The first-order valence-corrected chi connectivity index (χ1v) is 7.40. The fourth-order valence-electron chi connectivity index (χ4n) is 2.34. The molecule has 1 aliphatic heterocycles. The molecule has 0 saturated heterocycles. The summed E-state index contributed by atoms with van der Waals surface area (Å²) in [7, 11) is 0. The monoisotopic (exact) mass is 279 g/mol. The summed E-state index contributed by atoms with van der Waals surface area (Å²) in [5.41, 5.74) is 3.66. The molecule has 104 valence electrons. The molecule has 1 unspecified atom stereocenters. The lowest BCUT2D eigenvalue weighted by Gasteiger charge is -2.25. The summed E-state index contributed by atoms with van der Waals surface area (Å²) >= 11 is 6.25. The van der Waals surface area contributed by atoms with Crippen molar-refractivity contribution >= 4 is 11.6 Å². The van der Waals surface area contributed by atoms with Crippen LogP contribution in [0.25, 0.3) is 0 Å². The molecular weight excluding hydrogens is 258 g/mol. The molecule has 2 nitrogen and oxygen atoms in total. The Morgan fingerprint density at radius 2 is 2.26 bits per heavy atom.